The number of carbonyl (C=O) groups excluding carboxylic acids is 2. The normalized spacial score (nSPS) is 22.3. The van der Waals surface area contributed by atoms with Gasteiger partial charge in [0.1, 0.15) is 18.3 Å². The van der Waals surface area contributed by atoms with E-state index < -0.39 is 17.9 Å². The third-order valence-corrected chi connectivity index (χ3v) is 12.4. The second kappa shape index (κ2) is 18.6. The van der Waals surface area contributed by atoms with Crippen LogP contribution in [-0.2, 0) is 25.5 Å². The Morgan fingerprint density at radius 1 is 0.965 bits per heavy atom. The molecule has 1 N–H and O–H groups in total. The number of hydrogen-bond donors (Lipinski definition) is 1. The number of methoxy groups -OCH3 is 1. The van der Waals surface area contributed by atoms with Gasteiger partial charge in [-0.2, -0.15) is 5.70 Å². The molecule has 3 aromatic heterocycles. The average molecular weight is 783 g/mol. The summed E-state index contributed by atoms with van der Waals surface area (Å²) >= 11 is 0. The molecule has 0 aromatic carbocycles. The molecule has 300 valence electrons. The van der Waals surface area contributed by atoms with Gasteiger partial charge in [0, 0.05) is 11.6 Å². The number of allylic oxidation sites excluding steroid dienone is 2. The Kier molecular flexibility index (Phi) is 14.4. The van der Waals surface area contributed by atoms with Crippen molar-refractivity contribution in [2.75, 3.05) is 13.7 Å². The summed E-state index contributed by atoms with van der Waals surface area (Å²) in [6, 6.07) is -0.568. The molecular formula is C47H58MgN4O5-2. The largest absolute Gasteiger partial charge is 2.00 e. The molecule has 8 bridgehead atoms. The summed E-state index contributed by atoms with van der Waals surface area (Å²) in [5, 5.41) is 19.9. The summed E-state index contributed by atoms with van der Waals surface area (Å²) in [7, 11) is 1.33. The van der Waals surface area contributed by atoms with E-state index in [0.717, 1.165) is 80.8 Å². The molecule has 9 nitrogen and oxygen atoms in total. The van der Waals surface area contributed by atoms with Crippen molar-refractivity contribution in [2.45, 2.75) is 113 Å². The van der Waals surface area contributed by atoms with Crippen LogP contribution in [0.2, 0.25) is 0 Å². The zero-order valence-electron chi connectivity index (χ0n) is 35.4. The molecule has 0 saturated carbocycles. The molecule has 57 heavy (non-hydrogen) atoms. The molecule has 1 unspecified atom stereocenters. The molecule has 5 atom stereocenters. The first-order chi connectivity index (χ1) is 26.8. The van der Waals surface area contributed by atoms with Crippen LogP contribution in [0, 0.1) is 44.4 Å². The van der Waals surface area contributed by atoms with Gasteiger partial charge in [-0.3, -0.25) is 9.59 Å². The minimum absolute atomic E-state index is 0. The summed E-state index contributed by atoms with van der Waals surface area (Å²) in [6.45, 7) is 21.2. The first-order valence-corrected chi connectivity index (χ1v) is 20.4. The van der Waals surface area contributed by atoms with Gasteiger partial charge in [0.05, 0.1) is 7.11 Å². The summed E-state index contributed by atoms with van der Waals surface area (Å²) in [6.07, 6.45) is 17.1. The van der Waals surface area contributed by atoms with Gasteiger partial charge in [0.15, 0.2) is 0 Å². The van der Waals surface area contributed by atoms with Crippen LogP contribution in [0.3, 0.4) is 0 Å². The summed E-state index contributed by atoms with van der Waals surface area (Å²) in [5.74, 6) is -1.61. The number of hydrogen-bond acceptors (Lipinski definition) is 5. The minimum atomic E-state index is -1.07. The Balaban J connectivity index is 0.00000620. The number of aromatic nitrogens is 3. The minimum Gasteiger partial charge on any atom is -0.681 e. The van der Waals surface area contributed by atoms with Crippen molar-refractivity contribution in [3.63, 3.8) is 0 Å². The van der Waals surface area contributed by atoms with E-state index in [0.29, 0.717) is 28.3 Å². The quantitative estimate of drug-likeness (QED) is 0.123. The fraction of sp³-hybridized carbons (Fsp3) is 0.489. The molecule has 0 amide bonds. The van der Waals surface area contributed by atoms with Crippen LogP contribution < -0.4 is 36.2 Å². The van der Waals surface area contributed by atoms with E-state index in [-0.39, 0.29) is 59.6 Å². The van der Waals surface area contributed by atoms with E-state index in [2.05, 4.69) is 48.1 Å². The maximum Gasteiger partial charge on any atom is 2.00 e. The molecular weight excluding hydrogens is 725 g/mol. The van der Waals surface area contributed by atoms with E-state index in [9.17, 15) is 14.7 Å². The number of carbonyl (C=O) groups is 2. The number of aliphatic hydroxyl groups is 1. The second-order valence-electron chi connectivity index (χ2n) is 16.0. The zero-order valence-corrected chi connectivity index (χ0v) is 36.8. The van der Waals surface area contributed by atoms with Gasteiger partial charge in [-0.15, -0.1) is 33.1 Å². The Bertz CT molecular complexity index is 2340. The number of rotatable bonds is 14. The van der Waals surface area contributed by atoms with Gasteiger partial charge in [-0.05, 0) is 82.8 Å². The number of aliphatic hydroxyl groups excluding tert-OH is 1. The SMILES string of the molecule is C=Cc1c2[n-]c(c1C)/C=C1\[N-]C(C3=c4[n-]c(c(C)c4=C(O)[C@@H]3C(=O)OC)/C=c3\[n-]/c(c(C)c3CC)=C\2)[C@@H](CCC(=O)OC/C=C(/C)CCC[C@H](C)CCC)[C@@H]1C.[Mg+2]. The fourth-order valence-corrected chi connectivity index (χ4v) is 9.02. The van der Waals surface area contributed by atoms with Crippen molar-refractivity contribution in [2.24, 2.45) is 23.7 Å². The monoisotopic (exact) mass is 782 g/mol. The Morgan fingerprint density at radius 3 is 2.37 bits per heavy atom. The molecule has 5 heterocycles. The van der Waals surface area contributed by atoms with E-state index >= 15 is 0 Å². The number of nitrogens with zero attached hydrogens (tertiary/aromatic N) is 4. The van der Waals surface area contributed by atoms with E-state index in [1.165, 1.54) is 31.9 Å². The molecule has 1 aliphatic carbocycles. The van der Waals surface area contributed by atoms with E-state index in [1.807, 2.05) is 44.2 Å². The zero-order chi connectivity index (χ0) is 40.4. The Labute approximate surface area is 353 Å². The van der Waals surface area contributed by atoms with E-state index in [4.69, 9.17) is 29.7 Å². The Hall–Kier alpha value is -4.15. The van der Waals surface area contributed by atoms with Crippen molar-refractivity contribution in [3.05, 3.63) is 95.4 Å². The molecule has 3 aromatic rings. The second-order valence-corrected chi connectivity index (χ2v) is 16.0. The van der Waals surface area contributed by atoms with Crippen molar-refractivity contribution >= 4 is 70.6 Å². The van der Waals surface area contributed by atoms with Crippen LogP contribution in [0.1, 0.15) is 124 Å². The molecule has 2 aliphatic heterocycles. The molecule has 0 spiro atoms. The molecule has 1 saturated heterocycles. The third kappa shape index (κ3) is 8.68. The van der Waals surface area contributed by atoms with Gasteiger partial charge >= 0.3 is 35.0 Å². The predicted molar refractivity (Wildman–Crippen MR) is 229 cm³/mol. The average Bonchev–Trinajstić information content (AvgIpc) is 3.91. The molecule has 0 radical (unpaired) electrons. The maximum absolute atomic E-state index is 13.6. The predicted octanol–water partition coefficient (Wildman–Crippen LogP) is 5.82. The van der Waals surface area contributed by atoms with Crippen LogP contribution in [0.5, 0.6) is 0 Å². The van der Waals surface area contributed by atoms with Crippen molar-refractivity contribution in [1.82, 2.24) is 15.0 Å². The summed E-state index contributed by atoms with van der Waals surface area (Å²) in [4.78, 5) is 42.1. The van der Waals surface area contributed by atoms with Crippen LogP contribution in [0.4, 0.5) is 0 Å². The topological polar surface area (TPSA) is 129 Å². The number of ether oxygens (including phenoxy) is 2. The molecule has 10 heteroatoms. The van der Waals surface area contributed by atoms with Gasteiger partial charge in [-0.1, -0.05) is 117 Å². The first-order valence-electron chi connectivity index (χ1n) is 20.4. The smallest absolute Gasteiger partial charge is 0.681 e. The van der Waals surface area contributed by atoms with Gasteiger partial charge < -0.3 is 34.8 Å². The number of esters is 2. The van der Waals surface area contributed by atoms with Crippen LogP contribution in [0.25, 0.3) is 41.0 Å². The van der Waals surface area contributed by atoms with Crippen molar-refractivity contribution in [3.8, 4) is 0 Å². The molecule has 3 aliphatic rings. The van der Waals surface area contributed by atoms with Gasteiger partial charge in [0.25, 0.3) is 0 Å². The van der Waals surface area contributed by atoms with Gasteiger partial charge in [0.2, 0.25) is 0 Å². The van der Waals surface area contributed by atoms with E-state index in [1.54, 1.807) is 0 Å². The summed E-state index contributed by atoms with van der Waals surface area (Å²) < 4.78 is 11.0. The molecule has 6 rings (SSSR count). The van der Waals surface area contributed by atoms with Crippen LogP contribution in [-0.4, -0.2) is 59.9 Å². The fourth-order valence-electron chi connectivity index (χ4n) is 9.02. The Morgan fingerprint density at radius 2 is 1.68 bits per heavy atom. The van der Waals surface area contributed by atoms with Gasteiger partial charge in [-0.25, -0.2) is 0 Å². The number of fused-ring (bicyclic) bond motifs is 8. The maximum atomic E-state index is 13.6. The summed E-state index contributed by atoms with van der Waals surface area (Å²) in [5.41, 5.74) is 9.70. The van der Waals surface area contributed by atoms with Crippen molar-refractivity contribution in [1.29, 1.82) is 0 Å². The van der Waals surface area contributed by atoms with Crippen LogP contribution in [0.15, 0.2) is 23.9 Å². The van der Waals surface area contributed by atoms with Crippen molar-refractivity contribution < 1.29 is 24.2 Å². The standard InChI is InChI=1S/C47H58N4O5.Mg/c1-11-15-25(4)16-14-17-26(5)20-21-56-40(52)19-18-33-29(8)36-22-34-27(6)31(12-2)38(48-34)23-35-28(7)32(13-3)39(49-35)24-37-30(9)41-45(51-37)42(44(33)50-36)43(46(41)53)47(54)55-10;/h12,20,22-25,29,33,43-44,53H,2,11,13-19,21H2,1,3-10H3;/q-4;+2/b26-20-,35-23-,36-22-,39-24-;/t25-,29+,33+,43-,44?;/m1./s1. The van der Waals surface area contributed by atoms with Crippen LogP contribution >= 0.6 is 0 Å². The molecule has 1 fully saturated rings. The first kappa shape index (κ1) is 44.0. The third-order valence-electron chi connectivity index (χ3n) is 12.4.